The Balaban J connectivity index is 1.85. The molecule has 0 saturated carbocycles. The van der Waals surface area contributed by atoms with E-state index in [9.17, 15) is 0 Å². The second kappa shape index (κ2) is 5.57. The normalized spacial score (nSPS) is 17.6. The van der Waals surface area contributed by atoms with E-state index >= 15 is 0 Å². The van der Waals surface area contributed by atoms with E-state index in [1.165, 1.54) is 17.5 Å². The highest BCUT2D eigenvalue weighted by Gasteiger charge is 2.21. The molecular formula is C16H21N3O. The van der Waals surface area contributed by atoms with Crippen LogP contribution in [0.2, 0.25) is 0 Å². The van der Waals surface area contributed by atoms with Crippen molar-refractivity contribution in [1.29, 1.82) is 0 Å². The predicted octanol–water partition coefficient (Wildman–Crippen LogP) is 3.40. The second-order valence-electron chi connectivity index (χ2n) is 5.24. The molecule has 1 aliphatic carbocycles. The molecule has 1 heterocycles. The van der Waals surface area contributed by atoms with E-state index in [0.717, 1.165) is 30.8 Å². The largest absolute Gasteiger partial charge is 0.497 e. The average molecular weight is 271 g/mol. The van der Waals surface area contributed by atoms with Gasteiger partial charge in [0.15, 0.2) is 0 Å². The molecule has 0 amide bonds. The number of methoxy groups -OCH3 is 1. The average Bonchev–Trinajstić information content (AvgIpc) is 2.95. The summed E-state index contributed by atoms with van der Waals surface area (Å²) < 4.78 is 7.30. The molecule has 0 bridgehead atoms. The number of benzene rings is 1. The lowest BCUT2D eigenvalue weighted by atomic mass is 9.87. The fourth-order valence-electron chi connectivity index (χ4n) is 2.87. The highest BCUT2D eigenvalue weighted by atomic mass is 16.5. The highest BCUT2D eigenvalue weighted by Crippen LogP contribution is 2.34. The predicted molar refractivity (Wildman–Crippen MR) is 80.2 cm³/mol. The van der Waals surface area contributed by atoms with Crippen molar-refractivity contribution >= 4 is 5.69 Å². The number of ether oxygens (including phenoxy) is 1. The number of hydrogen-bond donors (Lipinski definition) is 1. The van der Waals surface area contributed by atoms with Gasteiger partial charge < -0.3 is 10.1 Å². The fourth-order valence-corrected chi connectivity index (χ4v) is 2.87. The monoisotopic (exact) mass is 271 g/mol. The van der Waals surface area contributed by atoms with Crippen LogP contribution in [-0.4, -0.2) is 16.9 Å². The van der Waals surface area contributed by atoms with Crippen LogP contribution < -0.4 is 10.1 Å². The number of nitrogens with one attached hydrogen (secondary N) is 1. The summed E-state index contributed by atoms with van der Waals surface area (Å²) in [5, 5.41) is 7.92. The van der Waals surface area contributed by atoms with Crippen LogP contribution in [0.3, 0.4) is 0 Å². The van der Waals surface area contributed by atoms with Gasteiger partial charge in [-0.05, 0) is 49.4 Å². The van der Waals surface area contributed by atoms with Crippen LogP contribution in [-0.2, 0) is 13.0 Å². The molecule has 1 unspecified atom stereocenters. The number of nitrogens with zero attached hydrogens (tertiary/aromatic N) is 2. The lowest BCUT2D eigenvalue weighted by molar-refractivity contribution is 0.413. The van der Waals surface area contributed by atoms with Gasteiger partial charge in [-0.1, -0.05) is 6.07 Å². The van der Waals surface area contributed by atoms with Gasteiger partial charge in [0.2, 0.25) is 0 Å². The van der Waals surface area contributed by atoms with Gasteiger partial charge in [0, 0.05) is 12.7 Å². The Bertz CT molecular complexity index is 591. The maximum atomic E-state index is 5.36. The number of fused-ring (bicyclic) bond motifs is 1. The Labute approximate surface area is 119 Å². The van der Waals surface area contributed by atoms with Crippen LogP contribution >= 0.6 is 0 Å². The Hall–Kier alpha value is -1.97. The molecule has 2 aromatic rings. The summed E-state index contributed by atoms with van der Waals surface area (Å²) in [6.07, 6.45) is 7.49. The first-order valence-electron chi connectivity index (χ1n) is 7.26. The van der Waals surface area contributed by atoms with E-state index in [1.54, 1.807) is 7.11 Å². The van der Waals surface area contributed by atoms with Gasteiger partial charge in [0.25, 0.3) is 0 Å². The van der Waals surface area contributed by atoms with E-state index < -0.39 is 0 Å². The fraction of sp³-hybridized carbons (Fsp3) is 0.438. The number of aromatic nitrogens is 2. The van der Waals surface area contributed by atoms with Crippen LogP contribution in [0.25, 0.3) is 0 Å². The van der Waals surface area contributed by atoms with Crippen molar-refractivity contribution in [1.82, 2.24) is 9.78 Å². The molecule has 0 radical (unpaired) electrons. The third-order valence-electron chi connectivity index (χ3n) is 3.97. The maximum absolute atomic E-state index is 5.36. The van der Waals surface area contributed by atoms with E-state index in [1.807, 2.05) is 10.9 Å². The first-order valence-corrected chi connectivity index (χ1v) is 7.26. The maximum Gasteiger partial charge on any atom is 0.119 e. The van der Waals surface area contributed by atoms with E-state index in [4.69, 9.17) is 4.74 Å². The first kappa shape index (κ1) is 13.0. The van der Waals surface area contributed by atoms with Gasteiger partial charge in [0.05, 0.1) is 25.0 Å². The lowest BCUT2D eigenvalue weighted by Crippen LogP contribution is -2.17. The Morgan fingerprint density at radius 2 is 2.35 bits per heavy atom. The van der Waals surface area contributed by atoms with Gasteiger partial charge in [-0.2, -0.15) is 5.10 Å². The third kappa shape index (κ3) is 2.50. The zero-order valence-corrected chi connectivity index (χ0v) is 12.1. The first-order chi connectivity index (χ1) is 9.80. The van der Waals surface area contributed by atoms with Gasteiger partial charge in [-0.3, -0.25) is 4.68 Å². The number of rotatable bonds is 4. The van der Waals surface area contributed by atoms with Crippen molar-refractivity contribution in [3.05, 3.63) is 41.7 Å². The van der Waals surface area contributed by atoms with Gasteiger partial charge in [0.1, 0.15) is 5.75 Å². The van der Waals surface area contributed by atoms with Crippen LogP contribution in [0.5, 0.6) is 5.75 Å². The zero-order valence-electron chi connectivity index (χ0n) is 12.1. The minimum absolute atomic E-state index is 0.350. The summed E-state index contributed by atoms with van der Waals surface area (Å²) in [6.45, 7) is 2.99. The molecule has 1 atom stereocenters. The van der Waals surface area contributed by atoms with E-state index in [2.05, 4.69) is 41.7 Å². The van der Waals surface area contributed by atoms with Crippen LogP contribution in [0.1, 0.15) is 36.9 Å². The summed E-state index contributed by atoms with van der Waals surface area (Å²) in [7, 11) is 1.72. The molecule has 20 heavy (non-hydrogen) atoms. The standard InChI is InChI=1S/C16H21N3O/c1-3-19-11-13(10-17-19)18-16-6-4-5-12-7-8-14(20-2)9-15(12)16/h7-11,16,18H,3-6H2,1-2H3. The SMILES string of the molecule is CCn1cc(NC2CCCc3ccc(OC)cc32)cn1. The van der Waals surface area contributed by atoms with Crippen molar-refractivity contribution in [2.45, 2.75) is 38.8 Å². The molecule has 0 saturated heterocycles. The third-order valence-corrected chi connectivity index (χ3v) is 3.97. The van der Waals surface area contributed by atoms with Gasteiger partial charge in [-0.25, -0.2) is 0 Å². The molecule has 4 nitrogen and oxygen atoms in total. The number of anilines is 1. The van der Waals surface area contributed by atoms with Crippen molar-refractivity contribution in [2.75, 3.05) is 12.4 Å². The molecule has 1 aromatic heterocycles. The van der Waals surface area contributed by atoms with Crippen molar-refractivity contribution in [3.63, 3.8) is 0 Å². The van der Waals surface area contributed by atoms with E-state index in [-0.39, 0.29) is 0 Å². The van der Waals surface area contributed by atoms with Gasteiger partial charge in [-0.15, -0.1) is 0 Å². The minimum atomic E-state index is 0.350. The van der Waals surface area contributed by atoms with Crippen LogP contribution in [0.4, 0.5) is 5.69 Å². The van der Waals surface area contributed by atoms with Crippen molar-refractivity contribution in [2.24, 2.45) is 0 Å². The number of aryl methyl sites for hydroxylation is 2. The molecule has 0 fully saturated rings. The summed E-state index contributed by atoms with van der Waals surface area (Å²) >= 11 is 0. The Kier molecular flexibility index (Phi) is 3.63. The molecule has 106 valence electrons. The zero-order chi connectivity index (χ0) is 13.9. The van der Waals surface area contributed by atoms with Crippen LogP contribution in [0.15, 0.2) is 30.6 Å². The molecule has 0 aliphatic heterocycles. The summed E-state index contributed by atoms with van der Waals surface area (Å²) in [5.41, 5.74) is 3.88. The Morgan fingerprint density at radius 1 is 1.45 bits per heavy atom. The topological polar surface area (TPSA) is 39.1 Å². The van der Waals surface area contributed by atoms with Crippen LogP contribution in [0, 0.1) is 0 Å². The smallest absolute Gasteiger partial charge is 0.119 e. The van der Waals surface area contributed by atoms with Crippen molar-refractivity contribution in [3.8, 4) is 5.75 Å². The highest BCUT2D eigenvalue weighted by molar-refractivity contribution is 5.46. The van der Waals surface area contributed by atoms with E-state index in [0.29, 0.717) is 6.04 Å². The van der Waals surface area contributed by atoms with Gasteiger partial charge >= 0.3 is 0 Å². The Morgan fingerprint density at radius 3 is 3.10 bits per heavy atom. The number of hydrogen-bond acceptors (Lipinski definition) is 3. The molecule has 1 N–H and O–H groups in total. The van der Waals surface area contributed by atoms with Crippen molar-refractivity contribution < 1.29 is 4.74 Å². The molecule has 3 rings (SSSR count). The summed E-state index contributed by atoms with van der Waals surface area (Å²) in [6, 6.07) is 6.76. The molecule has 0 spiro atoms. The lowest BCUT2D eigenvalue weighted by Gasteiger charge is -2.27. The molecule has 1 aromatic carbocycles. The molecular weight excluding hydrogens is 250 g/mol. The summed E-state index contributed by atoms with van der Waals surface area (Å²) in [5.74, 6) is 0.932. The molecule has 1 aliphatic rings. The quantitative estimate of drug-likeness (QED) is 0.926. The summed E-state index contributed by atoms with van der Waals surface area (Å²) in [4.78, 5) is 0. The molecule has 4 heteroatoms. The second-order valence-corrected chi connectivity index (χ2v) is 5.24. The minimum Gasteiger partial charge on any atom is -0.497 e.